The number of benzene rings is 2. The minimum absolute atomic E-state index is 0.0763. The number of oxazole rings is 1. The van der Waals surface area contributed by atoms with Crippen molar-refractivity contribution < 1.29 is 8.81 Å². The SMILES string of the molecule is N#Cc1ccc(-c2ccc3oc(CCN4CC[C@H]4CF)nc3c2)cc1. The highest BCUT2D eigenvalue weighted by molar-refractivity contribution is 5.80. The van der Waals surface area contributed by atoms with Gasteiger partial charge in [-0.05, 0) is 41.8 Å². The van der Waals surface area contributed by atoms with E-state index in [1.165, 1.54) is 0 Å². The third-order valence-corrected chi connectivity index (χ3v) is 4.84. The molecule has 0 amide bonds. The van der Waals surface area contributed by atoms with Crippen LogP contribution in [0, 0.1) is 11.3 Å². The van der Waals surface area contributed by atoms with Gasteiger partial charge in [-0.1, -0.05) is 18.2 Å². The molecule has 0 bridgehead atoms. The summed E-state index contributed by atoms with van der Waals surface area (Å²) in [5, 5.41) is 8.89. The van der Waals surface area contributed by atoms with Crippen LogP contribution in [0.4, 0.5) is 4.39 Å². The highest BCUT2D eigenvalue weighted by Crippen LogP contribution is 2.26. The van der Waals surface area contributed by atoms with E-state index in [1.807, 2.05) is 42.5 Å². The van der Waals surface area contributed by atoms with E-state index in [1.54, 1.807) is 0 Å². The normalized spacial score (nSPS) is 17.4. The Morgan fingerprint density at radius 3 is 2.68 bits per heavy atom. The zero-order valence-corrected chi connectivity index (χ0v) is 13.8. The van der Waals surface area contributed by atoms with E-state index in [0.717, 1.165) is 41.7 Å². The first-order valence-electron chi connectivity index (χ1n) is 8.47. The molecule has 0 radical (unpaired) electrons. The van der Waals surface area contributed by atoms with Crippen LogP contribution in [0.1, 0.15) is 17.9 Å². The summed E-state index contributed by atoms with van der Waals surface area (Å²) in [5.41, 5.74) is 4.31. The molecule has 25 heavy (non-hydrogen) atoms. The van der Waals surface area contributed by atoms with E-state index < -0.39 is 0 Å². The number of fused-ring (bicyclic) bond motifs is 1. The van der Waals surface area contributed by atoms with E-state index in [9.17, 15) is 4.39 Å². The van der Waals surface area contributed by atoms with E-state index in [2.05, 4.69) is 16.0 Å². The van der Waals surface area contributed by atoms with Gasteiger partial charge in [0, 0.05) is 25.6 Å². The van der Waals surface area contributed by atoms with Crippen LogP contribution in [0.3, 0.4) is 0 Å². The molecule has 0 N–H and O–H groups in total. The van der Waals surface area contributed by atoms with Crippen LogP contribution in [0.2, 0.25) is 0 Å². The summed E-state index contributed by atoms with van der Waals surface area (Å²) >= 11 is 0. The molecular weight excluding hydrogens is 317 g/mol. The molecule has 0 spiro atoms. The zero-order chi connectivity index (χ0) is 17.2. The highest BCUT2D eigenvalue weighted by atomic mass is 19.1. The molecule has 4 rings (SSSR count). The van der Waals surface area contributed by atoms with Gasteiger partial charge in [0.2, 0.25) is 0 Å². The van der Waals surface area contributed by atoms with E-state index >= 15 is 0 Å². The van der Waals surface area contributed by atoms with Crippen LogP contribution in [-0.2, 0) is 6.42 Å². The standard InChI is InChI=1S/C20H18FN3O/c21-12-17-7-9-24(17)10-8-20-23-18-11-16(5-6-19(18)25-20)15-3-1-14(13-22)2-4-15/h1-6,11,17H,7-10,12H2/t17-/m0/s1. The first kappa shape index (κ1) is 15.8. The fourth-order valence-electron chi connectivity index (χ4n) is 3.20. The van der Waals surface area contributed by atoms with Gasteiger partial charge in [0.25, 0.3) is 0 Å². The van der Waals surface area contributed by atoms with Crippen molar-refractivity contribution in [3.05, 3.63) is 53.9 Å². The summed E-state index contributed by atoms with van der Waals surface area (Å²) in [6, 6.07) is 15.6. The molecule has 1 aliphatic rings. The monoisotopic (exact) mass is 335 g/mol. The maximum absolute atomic E-state index is 12.7. The fourth-order valence-corrected chi connectivity index (χ4v) is 3.20. The molecule has 0 saturated carbocycles. The Kier molecular flexibility index (Phi) is 4.21. The Balaban J connectivity index is 1.51. The van der Waals surface area contributed by atoms with Crippen LogP contribution < -0.4 is 0 Å². The Labute approximate surface area is 145 Å². The van der Waals surface area contributed by atoms with E-state index in [0.29, 0.717) is 17.9 Å². The largest absolute Gasteiger partial charge is 0.441 e. The zero-order valence-electron chi connectivity index (χ0n) is 13.8. The summed E-state index contributed by atoms with van der Waals surface area (Å²) in [6.07, 6.45) is 1.63. The van der Waals surface area contributed by atoms with Crippen molar-refractivity contribution in [2.75, 3.05) is 19.8 Å². The molecular formula is C20H18FN3O. The van der Waals surface area contributed by atoms with Crippen molar-refractivity contribution in [3.63, 3.8) is 0 Å². The number of likely N-dealkylation sites (tertiary alicyclic amines) is 1. The summed E-state index contributed by atoms with van der Waals surface area (Å²) in [6.45, 7) is 1.46. The van der Waals surface area contributed by atoms with Crippen LogP contribution >= 0.6 is 0 Å². The number of hydrogen-bond donors (Lipinski definition) is 0. The van der Waals surface area contributed by atoms with Gasteiger partial charge in [0.1, 0.15) is 12.2 Å². The molecule has 3 aromatic rings. The van der Waals surface area contributed by atoms with Gasteiger partial charge in [-0.25, -0.2) is 9.37 Å². The topological polar surface area (TPSA) is 53.1 Å². The molecule has 0 aliphatic carbocycles. The lowest BCUT2D eigenvalue weighted by Crippen LogP contribution is -2.49. The molecule has 1 saturated heterocycles. The van der Waals surface area contributed by atoms with Gasteiger partial charge in [0.05, 0.1) is 11.6 Å². The van der Waals surface area contributed by atoms with Crippen LogP contribution in [0.5, 0.6) is 0 Å². The number of aromatic nitrogens is 1. The number of nitriles is 1. The van der Waals surface area contributed by atoms with Crippen molar-refractivity contribution in [1.29, 1.82) is 5.26 Å². The third-order valence-electron chi connectivity index (χ3n) is 4.84. The van der Waals surface area contributed by atoms with Crippen LogP contribution in [0.25, 0.3) is 22.2 Å². The summed E-state index contributed by atoms with van der Waals surface area (Å²) in [5.74, 6) is 0.691. The Morgan fingerprint density at radius 2 is 2.00 bits per heavy atom. The molecule has 4 nitrogen and oxygen atoms in total. The van der Waals surface area contributed by atoms with Crippen molar-refractivity contribution in [2.45, 2.75) is 18.9 Å². The van der Waals surface area contributed by atoms with Gasteiger partial charge in [0.15, 0.2) is 11.5 Å². The second kappa shape index (κ2) is 6.66. The molecule has 1 aliphatic heterocycles. The predicted molar refractivity (Wildman–Crippen MR) is 93.8 cm³/mol. The van der Waals surface area contributed by atoms with Crippen LogP contribution in [0.15, 0.2) is 46.9 Å². The maximum Gasteiger partial charge on any atom is 0.196 e. The number of rotatable bonds is 5. The third kappa shape index (κ3) is 3.13. The first-order chi connectivity index (χ1) is 12.3. The van der Waals surface area contributed by atoms with Crippen molar-refractivity contribution in [2.24, 2.45) is 0 Å². The maximum atomic E-state index is 12.7. The van der Waals surface area contributed by atoms with Gasteiger partial charge in [-0.15, -0.1) is 0 Å². The molecule has 1 fully saturated rings. The number of nitrogens with zero attached hydrogens (tertiary/aromatic N) is 3. The highest BCUT2D eigenvalue weighted by Gasteiger charge is 2.27. The number of alkyl halides is 1. The lowest BCUT2D eigenvalue weighted by molar-refractivity contribution is 0.0696. The first-order valence-corrected chi connectivity index (χ1v) is 8.47. The second-order valence-electron chi connectivity index (χ2n) is 6.36. The average molecular weight is 335 g/mol. The Bertz CT molecular complexity index is 924. The minimum atomic E-state index is -0.276. The molecule has 0 unspecified atom stereocenters. The van der Waals surface area contributed by atoms with Gasteiger partial charge in [-0.3, -0.25) is 4.90 Å². The molecule has 5 heteroatoms. The number of halogens is 1. The minimum Gasteiger partial charge on any atom is -0.441 e. The van der Waals surface area contributed by atoms with Crippen LogP contribution in [-0.4, -0.2) is 35.7 Å². The lowest BCUT2D eigenvalue weighted by Gasteiger charge is -2.38. The molecule has 1 aromatic heterocycles. The average Bonchev–Trinajstić information content (AvgIpc) is 3.03. The molecule has 2 heterocycles. The molecule has 1 atom stereocenters. The smallest absolute Gasteiger partial charge is 0.196 e. The Hall–Kier alpha value is -2.71. The molecule has 126 valence electrons. The Morgan fingerprint density at radius 1 is 1.20 bits per heavy atom. The fraction of sp³-hybridized carbons (Fsp3) is 0.300. The van der Waals surface area contributed by atoms with Gasteiger partial charge in [-0.2, -0.15) is 5.26 Å². The van der Waals surface area contributed by atoms with Gasteiger partial charge < -0.3 is 4.42 Å². The van der Waals surface area contributed by atoms with Crippen molar-refractivity contribution in [1.82, 2.24) is 9.88 Å². The summed E-state index contributed by atoms with van der Waals surface area (Å²) in [4.78, 5) is 6.71. The van der Waals surface area contributed by atoms with Crippen molar-refractivity contribution in [3.8, 4) is 17.2 Å². The quantitative estimate of drug-likeness (QED) is 0.708. The molecule has 2 aromatic carbocycles. The van der Waals surface area contributed by atoms with E-state index in [4.69, 9.17) is 9.68 Å². The predicted octanol–water partition coefficient (Wildman–Crippen LogP) is 3.95. The summed E-state index contributed by atoms with van der Waals surface area (Å²) in [7, 11) is 0. The van der Waals surface area contributed by atoms with Gasteiger partial charge >= 0.3 is 0 Å². The number of hydrogen-bond acceptors (Lipinski definition) is 4. The lowest BCUT2D eigenvalue weighted by atomic mass is 10.0. The summed E-state index contributed by atoms with van der Waals surface area (Å²) < 4.78 is 18.5. The second-order valence-corrected chi connectivity index (χ2v) is 6.36. The van der Waals surface area contributed by atoms with E-state index in [-0.39, 0.29) is 12.7 Å². The van der Waals surface area contributed by atoms with Crippen molar-refractivity contribution >= 4 is 11.1 Å².